The number of hydrogen-bond donors (Lipinski definition) is 1. The molecule has 0 saturated carbocycles. The van der Waals surface area contributed by atoms with Crippen LogP contribution in [0.4, 0.5) is 0 Å². The summed E-state index contributed by atoms with van der Waals surface area (Å²) in [7, 11) is 0. The molecule has 0 spiro atoms. The first-order valence-electron chi connectivity index (χ1n) is 10.2. The average molecular weight is 381 g/mol. The highest BCUT2D eigenvalue weighted by molar-refractivity contribution is 5.50. The number of aliphatic hydroxyl groups is 1. The lowest BCUT2D eigenvalue weighted by molar-refractivity contribution is 0.210. The largest absolute Gasteiger partial charge is 0.511 e. The molecule has 1 N–H and O–H groups in total. The Bertz CT molecular complexity index is 1140. The van der Waals surface area contributed by atoms with Crippen molar-refractivity contribution in [1.29, 1.82) is 5.26 Å². The lowest BCUT2D eigenvalue weighted by Crippen LogP contribution is -2.44. The molecule has 0 amide bonds. The number of nitriles is 1. The summed E-state index contributed by atoms with van der Waals surface area (Å²) in [4.78, 5) is 5.10. The summed E-state index contributed by atoms with van der Waals surface area (Å²) in [5.41, 5.74) is 4.72. The number of aryl methyl sites for hydroxylation is 1. The van der Waals surface area contributed by atoms with Gasteiger partial charge in [0.05, 0.1) is 17.3 Å². The van der Waals surface area contributed by atoms with Crippen molar-refractivity contribution >= 4 is 0 Å². The smallest absolute Gasteiger partial charge is 0.110 e. The second kappa shape index (κ2) is 6.63. The van der Waals surface area contributed by atoms with Crippen molar-refractivity contribution in [2.24, 2.45) is 5.92 Å². The van der Waals surface area contributed by atoms with Crippen molar-refractivity contribution in [1.82, 2.24) is 9.55 Å². The topological polar surface area (TPSA) is 61.8 Å². The van der Waals surface area contributed by atoms with Gasteiger partial charge in [-0.05, 0) is 43.4 Å². The number of rotatable bonds is 2. The maximum Gasteiger partial charge on any atom is 0.110 e. The molecule has 2 atom stereocenters. The molecule has 5 rings (SSSR count). The van der Waals surface area contributed by atoms with Crippen LogP contribution >= 0.6 is 0 Å². The predicted octanol–water partition coefficient (Wildman–Crippen LogP) is 5.16. The predicted molar refractivity (Wildman–Crippen MR) is 112 cm³/mol. The SMILES string of the molecule is Cc1nc2c(n1-c1ccccc1)CC[C@H]1CC(O)=C(C#N)C[C@]21c1ccccc1. The van der Waals surface area contributed by atoms with Crippen molar-refractivity contribution < 1.29 is 5.11 Å². The molecule has 4 heteroatoms. The van der Waals surface area contributed by atoms with E-state index in [4.69, 9.17) is 4.98 Å². The van der Waals surface area contributed by atoms with Gasteiger partial charge in [0.1, 0.15) is 11.6 Å². The molecule has 0 aliphatic heterocycles. The normalized spacial score (nSPS) is 23.2. The molecule has 29 heavy (non-hydrogen) atoms. The minimum absolute atomic E-state index is 0.230. The Morgan fingerprint density at radius 3 is 2.48 bits per heavy atom. The standard InChI is InChI=1S/C25H23N3O/c1-17-27-24-22(28(17)21-10-6-3-7-11-21)13-12-20-14-23(29)18(16-26)15-25(20,24)19-8-4-2-5-9-19/h2-11,20,29H,12-15H2,1H3/t20-,25+/m0/s1. The molecular weight excluding hydrogens is 358 g/mol. The summed E-state index contributed by atoms with van der Waals surface area (Å²) < 4.78 is 2.26. The average Bonchev–Trinajstić information content (AvgIpc) is 3.11. The van der Waals surface area contributed by atoms with Gasteiger partial charge < -0.3 is 9.67 Å². The van der Waals surface area contributed by atoms with Crippen LogP contribution in [-0.4, -0.2) is 14.7 Å². The van der Waals surface area contributed by atoms with E-state index < -0.39 is 0 Å². The third-order valence-corrected chi connectivity index (χ3v) is 6.67. The third-order valence-electron chi connectivity index (χ3n) is 6.67. The van der Waals surface area contributed by atoms with E-state index in [1.54, 1.807) is 0 Å². The van der Waals surface area contributed by atoms with Gasteiger partial charge >= 0.3 is 0 Å². The summed E-state index contributed by atoms with van der Waals surface area (Å²) in [6, 6.07) is 23.0. The molecule has 0 bridgehead atoms. The van der Waals surface area contributed by atoms with Crippen molar-refractivity contribution in [3.63, 3.8) is 0 Å². The van der Waals surface area contributed by atoms with E-state index in [0.717, 1.165) is 30.0 Å². The Morgan fingerprint density at radius 1 is 1.10 bits per heavy atom. The van der Waals surface area contributed by atoms with E-state index in [0.29, 0.717) is 18.4 Å². The Morgan fingerprint density at radius 2 is 1.79 bits per heavy atom. The second-order valence-corrected chi connectivity index (χ2v) is 8.12. The lowest BCUT2D eigenvalue weighted by atomic mass is 9.56. The zero-order valence-electron chi connectivity index (χ0n) is 16.5. The van der Waals surface area contributed by atoms with Gasteiger partial charge in [-0.15, -0.1) is 0 Å². The Hall–Kier alpha value is -3.32. The highest BCUT2D eigenvalue weighted by Crippen LogP contribution is 2.54. The van der Waals surface area contributed by atoms with E-state index >= 15 is 0 Å². The molecular formula is C25H23N3O. The second-order valence-electron chi connectivity index (χ2n) is 8.12. The zero-order valence-corrected chi connectivity index (χ0v) is 16.5. The maximum atomic E-state index is 10.5. The summed E-state index contributed by atoms with van der Waals surface area (Å²) in [5.74, 6) is 1.45. The molecule has 0 fully saturated rings. The van der Waals surface area contributed by atoms with Gasteiger partial charge in [-0.25, -0.2) is 4.98 Å². The first kappa shape index (κ1) is 17.8. The first-order valence-corrected chi connectivity index (χ1v) is 10.2. The summed E-state index contributed by atoms with van der Waals surface area (Å²) in [6.45, 7) is 2.06. The van der Waals surface area contributed by atoms with E-state index in [-0.39, 0.29) is 17.1 Å². The summed E-state index contributed by atoms with van der Waals surface area (Å²) >= 11 is 0. The van der Waals surface area contributed by atoms with Crippen molar-refractivity contribution in [2.75, 3.05) is 0 Å². The van der Waals surface area contributed by atoms with Gasteiger partial charge in [0.15, 0.2) is 0 Å². The van der Waals surface area contributed by atoms with Crippen molar-refractivity contribution in [3.8, 4) is 11.8 Å². The van der Waals surface area contributed by atoms with Crippen LogP contribution in [0.2, 0.25) is 0 Å². The van der Waals surface area contributed by atoms with E-state index in [9.17, 15) is 10.4 Å². The van der Waals surface area contributed by atoms with Gasteiger partial charge in [0.2, 0.25) is 0 Å². The van der Waals surface area contributed by atoms with Crippen LogP contribution < -0.4 is 0 Å². The van der Waals surface area contributed by atoms with E-state index in [1.165, 1.54) is 11.3 Å². The minimum Gasteiger partial charge on any atom is -0.511 e. The fourth-order valence-electron chi connectivity index (χ4n) is 5.39. The molecule has 2 aromatic carbocycles. The number of benzene rings is 2. The van der Waals surface area contributed by atoms with Crippen LogP contribution in [-0.2, 0) is 11.8 Å². The minimum atomic E-state index is -0.378. The number of fused-ring (bicyclic) bond motifs is 3. The number of nitrogens with zero attached hydrogens (tertiary/aromatic N) is 3. The van der Waals surface area contributed by atoms with Crippen LogP contribution in [0.25, 0.3) is 5.69 Å². The van der Waals surface area contributed by atoms with Crippen LogP contribution in [0, 0.1) is 24.2 Å². The third kappa shape index (κ3) is 2.54. The van der Waals surface area contributed by atoms with Gasteiger partial charge in [0.25, 0.3) is 0 Å². The highest BCUT2D eigenvalue weighted by Gasteiger charge is 2.51. The molecule has 3 aromatic rings. The fraction of sp³-hybridized carbons (Fsp3) is 0.280. The Balaban J connectivity index is 1.79. The van der Waals surface area contributed by atoms with Gasteiger partial charge in [-0.1, -0.05) is 48.5 Å². The van der Waals surface area contributed by atoms with Crippen molar-refractivity contribution in [3.05, 3.63) is 94.8 Å². The molecule has 0 unspecified atom stereocenters. The number of imidazole rings is 1. The highest BCUT2D eigenvalue weighted by atomic mass is 16.3. The quantitative estimate of drug-likeness (QED) is 0.667. The summed E-state index contributed by atoms with van der Waals surface area (Å²) in [5, 5.41) is 20.2. The number of para-hydroxylation sites is 1. The van der Waals surface area contributed by atoms with Gasteiger partial charge in [-0.3, -0.25) is 0 Å². The Labute approximate surface area is 170 Å². The Kier molecular flexibility index (Phi) is 4.06. The molecule has 1 heterocycles. The number of hydrogen-bond acceptors (Lipinski definition) is 3. The van der Waals surface area contributed by atoms with E-state index in [1.807, 2.05) is 12.1 Å². The molecule has 144 valence electrons. The van der Waals surface area contributed by atoms with E-state index in [2.05, 4.69) is 66.1 Å². The van der Waals surface area contributed by atoms with Crippen LogP contribution in [0.15, 0.2) is 72.0 Å². The zero-order chi connectivity index (χ0) is 20.0. The first-order chi connectivity index (χ1) is 14.1. The molecule has 2 aliphatic rings. The van der Waals surface area contributed by atoms with Gasteiger partial charge in [0, 0.05) is 29.6 Å². The lowest BCUT2D eigenvalue weighted by Gasteiger charge is -2.46. The number of aliphatic hydroxyl groups excluding tert-OH is 1. The number of allylic oxidation sites excluding steroid dienone is 2. The van der Waals surface area contributed by atoms with Crippen LogP contribution in [0.3, 0.4) is 0 Å². The molecule has 2 aliphatic carbocycles. The number of aromatic nitrogens is 2. The monoisotopic (exact) mass is 381 g/mol. The fourth-order valence-corrected chi connectivity index (χ4v) is 5.39. The molecule has 0 saturated heterocycles. The molecule has 1 aromatic heterocycles. The molecule has 4 nitrogen and oxygen atoms in total. The maximum absolute atomic E-state index is 10.5. The van der Waals surface area contributed by atoms with Crippen LogP contribution in [0.1, 0.15) is 42.0 Å². The van der Waals surface area contributed by atoms with Crippen molar-refractivity contribution in [2.45, 2.75) is 38.0 Å². The summed E-state index contributed by atoms with van der Waals surface area (Å²) in [6.07, 6.45) is 2.92. The van der Waals surface area contributed by atoms with Crippen LogP contribution in [0.5, 0.6) is 0 Å². The molecule has 0 radical (unpaired) electrons. The van der Waals surface area contributed by atoms with Gasteiger partial charge in [-0.2, -0.15) is 5.26 Å².